The van der Waals surface area contributed by atoms with E-state index in [9.17, 15) is 0 Å². The minimum atomic E-state index is 0.360. The number of hydrogen-bond acceptors (Lipinski definition) is 3. The lowest BCUT2D eigenvalue weighted by Crippen LogP contribution is -2.27. The average molecular weight is 414 g/mol. The van der Waals surface area contributed by atoms with E-state index in [4.69, 9.17) is 10.2 Å². The molecule has 3 nitrogen and oxygen atoms in total. The first kappa shape index (κ1) is 28.9. The Morgan fingerprint density at radius 2 is 0.655 bits per heavy atom. The van der Waals surface area contributed by atoms with Gasteiger partial charge < -0.3 is 15.1 Å². The van der Waals surface area contributed by atoms with Gasteiger partial charge in [-0.2, -0.15) is 0 Å². The van der Waals surface area contributed by atoms with Gasteiger partial charge in [0.25, 0.3) is 0 Å². The first-order valence-corrected chi connectivity index (χ1v) is 13.3. The second-order valence-corrected chi connectivity index (χ2v) is 9.01. The highest BCUT2D eigenvalue weighted by molar-refractivity contribution is 4.60. The summed E-state index contributed by atoms with van der Waals surface area (Å²) in [7, 11) is 0. The first-order valence-electron chi connectivity index (χ1n) is 13.3. The molecule has 0 spiro atoms. The van der Waals surface area contributed by atoms with Crippen molar-refractivity contribution in [3.63, 3.8) is 0 Å². The fraction of sp³-hybridized carbons (Fsp3) is 1.00. The largest absolute Gasteiger partial charge is 0.396 e. The van der Waals surface area contributed by atoms with Gasteiger partial charge in [0.15, 0.2) is 0 Å². The second kappa shape index (κ2) is 25.9. The highest BCUT2D eigenvalue weighted by Crippen LogP contribution is 2.12. The lowest BCUT2D eigenvalue weighted by molar-refractivity contribution is 0.254. The van der Waals surface area contributed by atoms with Crippen LogP contribution < -0.4 is 0 Å². The topological polar surface area (TPSA) is 43.7 Å². The van der Waals surface area contributed by atoms with Crippen molar-refractivity contribution >= 4 is 0 Å². The predicted octanol–water partition coefficient (Wildman–Crippen LogP) is 7.09. The van der Waals surface area contributed by atoms with Crippen molar-refractivity contribution in [2.24, 2.45) is 0 Å². The maximum absolute atomic E-state index is 8.81. The Morgan fingerprint density at radius 1 is 0.379 bits per heavy atom. The molecule has 0 rings (SSSR count). The third kappa shape index (κ3) is 24.0. The van der Waals surface area contributed by atoms with Gasteiger partial charge in [-0.1, -0.05) is 103 Å². The molecule has 0 unspecified atom stereocenters. The number of unbranched alkanes of at least 4 members (excludes halogenated alkanes) is 17. The number of nitrogens with zero attached hydrogens (tertiary/aromatic N) is 1. The average Bonchev–Trinajstić information content (AvgIpc) is 2.73. The van der Waals surface area contributed by atoms with E-state index in [0.717, 1.165) is 12.8 Å². The van der Waals surface area contributed by atoms with E-state index >= 15 is 0 Å². The Bertz CT molecular complexity index is 264. The van der Waals surface area contributed by atoms with Gasteiger partial charge in [-0.3, -0.25) is 0 Å². The molecule has 2 N–H and O–H groups in total. The van der Waals surface area contributed by atoms with Crippen LogP contribution in [0.15, 0.2) is 0 Å². The molecule has 29 heavy (non-hydrogen) atoms. The van der Waals surface area contributed by atoms with Crippen molar-refractivity contribution in [2.45, 2.75) is 135 Å². The molecule has 0 atom stereocenters. The zero-order chi connectivity index (χ0) is 21.3. The fourth-order valence-electron chi connectivity index (χ4n) is 4.11. The van der Waals surface area contributed by atoms with E-state index in [-0.39, 0.29) is 0 Å². The first-order chi connectivity index (χ1) is 14.3. The summed E-state index contributed by atoms with van der Waals surface area (Å²) >= 11 is 0. The van der Waals surface area contributed by atoms with Crippen LogP contribution in [-0.4, -0.2) is 48.0 Å². The molecule has 0 aromatic rings. The van der Waals surface area contributed by atoms with Gasteiger partial charge in [-0.25, -0.2) is 0 Å². The molecule has 0 saturated heterocycles. The van der Waals surface area contributed by atoms with Gasteiger partial charge in [-0.15, -0.1) is 0 Å². The quantitative estimate of drug-likeness (QED) is 0.157. The minimum Gasteiger partial charge on any atom is -0.396 e. The van der Waals surface area contributed by atoms with Crippen LogP contribution in [0.4, 0.5) is 0 Å². The van der Waals surface area contributed by atoms with Crippen LogP contribution in [-0.2, 0) is 0 Å². The minimum absolute atomic E-state index is 0.360. The summed E-state index contributed by atoms with van der Waals surface area (Å²) in [4.78, 5) is 2.75. The van der Waals surface area contributed by atoms with Crippen molar-refractivity contribution in [3.8, 4) is 0 Å². The fourth-order valence-corrected chi connectivity index (χ4v) is 4.11. The lowest BCUT2D eigenvalue weighted by Gasteiger charge is -2.22. The normalized spacial score (nSPS) is 11.6. The van der Waals surface area contributed by atoms with Gasteiger partial charge in [0.2, 0.25) is 0 Å². The zero-order valence-corrected chi connectivity index (χ0v) is 20.0. The SMILES string of the molecule is CCCCCCN(CCCCCCCCCCO)CCCCCCCCCCO. The van der Waals surface area contributed by atoms with Crippen molar-refractivity contribution in [3.05, 3.63) is 0 Å². The molecule has 0 aliphatic carbocycles. The summed E-state index contributed by atoms with van der Waals surface area (Å²) in [5.74, 6) is 0. The van der Waals surface area contributed by atoms with E-state index in [0.29, 0.717) is 13.2 Å². The van der Waals surface area contributed by atoms with Crippen molar-refractivity contribution in [1.82, 2.24) is 4.90 Å². The number of aliphatic hydroxyl groups is 2. The van der Waals surface area contributed by atoms with Gasteiger partial charge in [0, 0.05) is 13.2 Å². The highest BCUT2D eigenvalue weighted by Gasteiger charge is 2.05. The monoisotopic (exact) mass is 413 g/mol. The molecular weight excluding hydrogens is 358 g/mol. The number of aliphatic hydroxyl groups excluding tert-OH is 2. The number of hydrogen-bond donors (Lipinski definition) is 2. The zero-order valence-electron chi connectivity index (χ0n) is 20.0. The van der Waals surface area contributed by atoms with E-state index in [1.165, 1.54) is 135 Å². The molecule has 0 radical (unpaired) electrons. The molecule has 3 heteroatoms. The van der Waals surface area contributed by atoms with Crippen molar-refractivity contribution in [2.75, 3.05) is 32.8 Å². The maximum Gasteiger partial charge on any atom is 0.0431 e. The molecular formula is C26H55NO2. The third-order valence-corrected chi connectivity index (χ3v) is 6.09. The maximum atomic E-state index is 8.81. The molecule has 0 aromatic heterocycles. The van der Waals surface area contributed by atoms with E-state index in [2.05, 4.69) is 11.8 Å². The van der Waals surface area contributed by atoms with Crippen LogP contribution in [0.1, 0.15) is 135 Å². The third-order valence-electron chi connectivity index (χ3n) is 6.09. The Hall–Kier alpha value is -0.120. The molecule has 0 amide bonds. The molecule has 0 bridgehead atoms. The second-order valence-electron chi connectivity index (χ2n) is 9.01. The van der Waals surface area contributed by atoms with Crippen LogP contribution in [0.3, 0.4) is 0 Å². The van der Waals surface area contributed by atoms with Gasteiger partial charge in [0.1, 0.15) is 0 Å². The lowest BCUT2D eigenvalue weighted by atomic mass is 10.1. The van der Waals surface area contributed by atoms with Crippen LogP contribution >= 0.6 is 0 Å². The van der Waals surface area contributed by atoms with Gasteiger partial charge in [-0.05, 0) is 51.7 Å². The Morgan fingerprint density at radius 3 is 0.966 bits per heavy atom. The smallest absolute Gasteiger partial charge is 0.0431 e. The summed E-state index contributed by atoms with van der Waals surface area (Å²) in [5.41, 5.74) is 0. The molecule has 0 heterocycles. The summed E-state index contributed by atoms with van der Waals surface area (Å²) in [6.45, 7) is 6.93. The summed E-state index contributed by atoms with van der Waals surface area (Å²) in [6, 6.07) is 0. The van der Waals surface area contributed by atoms with Crippen molar-refractivity contribution < 1.29 is 10.2 Å². The Kier molecular flexibility index (Phi) is 25.8. The molecule has 0 aliphatic heterocycles. The number of rotatable bonds is 25. The Balaban J connectivity index is 3.69. The predicted molar refractivity (Wildman–Crippen MR) is 129 cm³/mol. The van der Waals surface area contributed by atoms with Crippen LogP contribution in [0.25, 0.3) is 0 Å². The molecule has 176 valence electrons. The molecule has 0 fully saturated rings. The standard InChI is InChI=1S/C26H55NO2/c1-2-3-4-17-22-27(23-18-13-9-5-7-11-15-20-25-28)24-19-14-10-6-8-12-16-21-26-29/h28-29H,2-26H2,1H3. The van der Waals surface area contributed by atoms with Gasteiger partial charge >= 0.3 is 0 Å². The highest BCUT2D eigenvalue weighted by atomic mass is 16.3. The van der Waals surface area contributed by atoms with Crippen LogP contribution in [0.2, 0.25) is 0 Å². The molecule has 0 aromatic carbocycles. The Labute approximate surface area is 183 Å². The van der Waals surface area contributed by atoms with Gasteiger partial charge in [0.05, 0.1) is 0 Å². The summed E-state index contributed by atoms with van der Waals surface area (Å²) in [5, 5.41) is 17.6. The van der Waals surface area contributed by atoms with Crippen LogP contribution in [0.5, 0.6) is 0 Å². The summed E-state index contributed by atoms with van der Waals surface area (Å²) in [6.07, 6.45) is 26.2. The van der Waals surface area contributed by atoms with E-state index < -0.39 is 0 Å². The van der Waals surface area contributed by atoms with Crippen molar-refractivity contribution in [1.29, 1.82) is 0 Å². The molecule has 0 saturated carbocycles. The van der Waals surface area contributed by atoms with E-state index in [1.54, 1.807) is 0 Å². The van der Waals surface area contributed by atoms with Crippen LogP contribution in [0, 0.1) is 0 Å². The van der Waals surface area contributed by atoms with E-state index in [1.807, 2.05) is 0 Å². The molecule has 0 aliphatic rings. The summed E-state index contributed by atoms with van der Waals surface area (Å²) < 4.78 is 0.